The molecule has 1 aromatic heterocycles. The fraction of sp³-hybridized carbons (Fsp3) is 0.556. The van der Waals surface area contributed by atoms with Gasteiger partial charge in [0, 0.05) is 19.5 Å². The molecule has 1 unspecified atom stereocenters. The van der Waals surface area contributed by atoms with Crippen LogP contribution in [-0.4, -0.2) is 40.1 Å². The van der Waals surface area contributed by atoms with E-state index in [0.29, 0.717) is 11.8 Å². The molecule has 0 aliphatic heterocycles. The van der Waals surface area contributed by atoms with Crippen LogP contribution in [0.1, 0.15) is 13.0 Å². The van der Waals surface area contributed by atoms with E-state index < -0.39 is 5.97 Å². The largest absolute Gasteiger partial charge is 0.481 e. The van der Waals surface area contributed by atoms with Crippen molar-refractivity contribution >= 4 is 17.7 Å². The summed E-state index contributed by atoms with van der Waals surface area (Å²) in [5.74, 6) is -0.814. The van der Waals surface area contributed by atoms with Gasteiger partial charge in [-0.1, -0.05) is 11.8 Å². The molecule has 1 N–H and O–H groups in total. The lowest BCUT2D eigenvalue weighted by Gasteiger charge is -2.14. The van der Waals surface area contributed by atoms with Crippen molar-refractivity contribution in [1.82, 2.24) is 9.55 Å². The molecule has 0 bridgehead atoms. The second kappa shape index (κ2) is 5.77. The zero-order chi connectivity index (χ0) is 11.3. The first kappa shape index (κ1) is 12.1. The Kier molecular flexibility index (Phi) is 4.64. The fourth-order valence-corrected chi connectivity index (χ4v) is 1.97. The number of carboxylic acid groups (broad SMARTS) is 1. The molecule has 84 valence electrons. The van der Waals surface area contributed by atoms with Gasteiger partial charge in [0.25, 0.3) is 0 Å². The lowest BCUT2D eigenvalue weighted by atomic mass is 10.4. The third kappa shape index (κ3) is 3.56. The standard InChI is InChI=1S/C9H14N2O3S/c1-7(5-14-2)11-4-3-10-9(11)15-6-8(12)13/h3-4,7H,5-6H2,1-2H3,(H,12,13). The molecule has 0 saturated carbocycles. The Morgan fingerprint density at radius 1 is 1.80 bits per heavy atom. The average molecular weight is 230 g/mol. The fourth-order valence-electron chi connectivity index (χ4n) is 1.19. The molecule has 0 aliphatic rings. The third-order valence-electron chi connectivity index (χ3n) is 1.84. The van der Waals surface area contributed by atoms with E-state index in [1.165, 1.54) is 11.8 Å². The summed E-state index contributed by atoms with van der Waals surface area (Å²) in [5, 5.41) is 9.27. The average Bonchev–Trinajstić information content (AvgIpc) is 2.62. The number of ether oxygens (including phenoxy) is 1. The van der Waals surface area contributed by atoms with E-state index in [2.05, 4.69) is 4.98 Å². The van der Waals surface area contributed by atoms with Crippen molar-refractivity contribution in [3.05, 3.63) is 12.4 Å². The Hall–Kier alpha value is -1.01. The molecule has 1 heterocycles. The highest BCUT2D eigenvalue weighted by molar-refractivity contribution is 7.99. The summed E-state index contributed by atoms with van der Waals surface area (Å²) in [6, 6.07) is 0.161. The number of rotatable bonds is 6. The van der Waals surface area contributed by atoms with E-state index in [-0.39, 0.29) is 11.8 Å². The lowest BCUT2D eigenvalue weighted by molar-refractivity contribution is -0.133. The molecule has 0 amide bonds. The lowest BCUT2D eigenvalue weighted by Crippen LogP contribution is -2.12. The van der Waals surface area contributed by atoms with E-state index in [1.54, 1.807) is 13.3 Å². The van der Waals surface area contributed by atoms with Crippen molar-refractivity contribution in [2.75, 3.05) is 19.5 Å². The Morgan fingerprint density at radius 3 is 3.13 bits per heavy atom. The number of carboxylic acids is 1. The summed E-state index contributed by atoms with van der Waals surface area (Å²) in [5.41, 5.74) is 0. The topological polar surface area (TPSA) is 64.4 Å². The van der Waals surface area contributed by atoms with E-state index in [1.807, 2.05) is 17.7 Å². The van der Waals surface area contributed by atoms with Gasteiger partial charge in [0.2, 0.25) is 0 Å². The van der Waals surface area contributed by atoms with Crippen molar-refractivity contribution in [2.45, 2.75) is 18.1 Å². The molecule has 6 heteroatoms. The van der Waals surface area contributed by atoms with Crippen LogP contribution in [0.2, 0.25) is 0 Å². The van der Waals surface area contributed by atoms with Gasteiger partial charge in [0.1, 0.15) is 0 Å². The van der Waals surface area contributed by atoms with Crippen molar-refractivity contribution < 1.29 is 14.6 Å². The highest BCUT2D eigenvalue weighted by Crippen LogP contribution is 2.19. The Morgan fingerprint density at radius 2 is 2.53 bits per heavy atom. The quantitative estimate of drug-likeness (QED) is 0.745. The minimum Gasteiger partial charge on any atom is -0.481 e. The van der Waals surface area contributed by atoms with Gasteiger partial charge in [0.05, 0.1) is 18.4 Å². The first-order valence-corrected chi connectivity index (χ1v) is 5.50. The molecule has 0 fully saturated rings. The molecule has 0 saturated heterocycles. The van der Waals surface area contributed by atoms with Crippen molar-refractivity contribution in [3.63, 3.8) is 0 Å². The smallest absolute Gasteiger partial charge is 0.313 e. The monoisotopic (exact) mass is 230 g/mol. The summed E-state index contributed by atoms with van der Waals surface area (Å²) in [4.78, 5) is 14.5. The zero-order valence-electron chi connectivity index (χ0n) is 8.71. The summed E-state index contributed by atoms with van der Waals surface area (Å²) in [6.07, 6.45) is 3.49. The molecule has 0 aliphatic carbocycles. The molecular formula is C9H14N2O3S. The second-order valence-corrected chi connectivity index (χ2v) is 4.05. The van der Waals surface area contributed by atoms with Crippen LogP contribution < -0.4 is 0 Å². The third-order valence-corrected chi connectivity index (χ3v) is 2.81. The second-order valence-electron chi connectivity index (χ2n) is 3.10. The van der Waals surface area contributed by atoms with Gasteiger partial charge in [-0.05, 0) is 6.92 Å². The maximum absolute atomic E-state index is 10.4. The number of methoxy groups -OCH3 is 1. The predicted molar refractivity (Wildman–Crippen MR) is 57.2 cm³/mol. The summed E-state index contributed by atoms with van der Waals surface area (Å²) in [6.45, 7) is 2.58. The first-order chi connectivity index (χ1) is 7.15. The maximum Gasteiger partial charge on any atom is 0.313 e. The minimum absolute atomic E-state index is 0.0245. The van der Waals surface area contributed by atoms with Gasteiger partial charge in [-0.3, -0.25) is 4.79 Å². The van der Waals surface area contributed by atoms with E-state index in [9.17, 15) is 4.79 Å². The number of hydrogen-bond acceptors (Lipinski definition) is 4. The van der Waals surface area contributed by atoms with E-state index >= 15 is 0 Å². The Labute approximate surface area is 92.5 Å². The number of aromatic nitrogens is 2. The van der Waals surface area contributed by atoms with Crippen molar-refractivity contribution in [1.29, 1.82) is 0 Å². The van der Waals surface area contributed by atoms with Crippen LogP contribution in [0.5, 0.6) is 0 Å². The first-order valence-electron chi connectivity index (χ1n) is 4.51. The molecule has 15 heavy (non-hydrogen) atoms. The molecule has 1 rings (SSSR count). The highest BCUT2D eigenvalue weighted by atomic mass is 32.2. The molecule has 1 aromatic rings. The van der Waals surface area contributed by atoms with Gasteiger partial charge in [-0.2, -0.15) is 0 Å². The van der Waals surface area contributed by atoms with Gasteiger partial charge in [0.15, 0.2) is 5.16 Å². The zero-order valence-corrected chi connectivity index (χ0v) is 9.53. The molecule has 5 nitrogen and oxygen atoms in total. The van der Waals surface area contributed by atoms with Crippen LogP contribution in [0, 0.1) is 0 Å². The van der Waals surface area contributed by atoms with Crippen LogP contribution in [-0.2, 0) is 9.53 Å². The maximum atomic E-state index is 10.4. The number of hydrogen-bond donors (Lipinski definition) is 1. The predicted octanol–water partition coefficient (Wildman–Crippen LogP) is 1.27. The van der Waals surface area contributed by atoms with Crippen molar-refractivity contribution in [2.24, 2.45) is 0 Å². The minimum atomic E-state index is -0.839. The summed E-state index contributed by atoms with van der Waals surface area (Å²) >= 11 is 1.21. The molecule has 0 radical (unpaired) electrons. The highest BCUT2D eigenvalue weighted by Gasteiger charge is 2.11. The van der Waals surface area contributed by atoms with Gasteiger partial charge in [-0.25, -0.2) is 4.98 Å². The number of thioether (sulfide) groups is 1. The Balaban J connectivity index is 2.64. The SMILES string of the molecule is COCC(C)n1ccnc1SCC(=O)O. The Bertz CT molecular complexity index is 327. The van der Waals surface area contributed by atoms with Gasteiger partial charge in [-0.15, -0.1) is 0 Å². The van der Waals surface area contributed by atoms with Gasteiger partial charge < -0.3 is 14.4 Å². The summed E-state index contributed by atoms with van der Waals surface area (Å²) < 4.78 is 6.95. The van der Waals surface area contributed by atoms with E-state index in [0.717, 1.165) is 0 Å². The van der Waals surface area contributed by atoms with Gasteiger partial charge >= 0.3 is 5.97 Å². The van der Waals surface area contributed by atoms with Crippen LogP contribution in [0.25, 0.3) is 0 Å². The molecule has 0 spiro atoms. The number of carbonyl (C=O) groups is 1. The van der Waals surface area contributed by atoms with Crippen molar-refractivity contribution in [3.8, 4) is 0 Å². The normalized spacial score (nSPS) is 12.7. The van der Waals surface area contributed by atoms with Crippen LogP contribution in [0.3, 0.4) is 0 Å². The molecular weight excluding hydrogens is 216 g/mol. The summed E-state index contributed by atoms with van der Waals surface area (Å²) in [7, 11) is 1.64. The van der Waals surface area contributed by atoms with E-state index in [4.69, 9.17) is 9.84 Å². The molecule has 0 aromatic carbocycles. The molecule has 1 atom stereocenters. The number of imidazole rings is 1. The number of aliphatic carboxylic acids is 1. The van der Waals surface area contributed by atoms with Crippen LogP contribution in [0.4, 0.5) is 0 Å². The number of nitrogens with zero attached hydrogens (tertiary/aromatic N) is 2. The van der Waals surface area contributed by atoms with Crippen LogP contribution >= 0.6 is 11.8 Å². The van der Waals surface area contributed by atoms with Crippen LogP contribution in [0.15, 0.2) is 17.6 Å².